The van der Waals surface area contributed by atoms with Crippen LogP contribution in [0.4, 0.5) is 17.1 Å². The number of nitrogens with two attached hydrogens (primary N) is 1. The number of fused-ring (bicyclic) bond motifs is 1. The summed E-state index contributed by atoms with van der Waals surface area (Å²) in [6, 6.07) is 4.64. The Morgan fingerprint density at radius 1 is 1.45 bits per heavy atom. The molecular formula is C12H11N5O3. The van der Waals surface area contributed by atoms with Crippen LogP contribution in [0.1, 0.15) is 10.5 Å². The van der Waals surface area contributed by atoms with Crippen LogP contribution in [0.25, 0.3) is 0 Å². The van der Waals surface area contributed by atoms with Crippen LogP contribution in [0, 0.1) is 0 Å². The zero-order valence-electron chi connectivity index (χ0n) is 10.3. The van der Waals surface area contributed by atoms with Gasteiger partial charge in [0.25, 0.3) is 11.8 Å². The molecule has 0 bridgehead atoms. The first-order valence-electron chi connectivity index (χ1n) is 5.80. The molecule has 0 atom stereocenters. The van der Waals surface area contributed by atoms with E-state index in [0.717, 1.165) is 0 Å². The Labute approximate surface area is 113 Å². The van der Waals surface area contributed by atoms with Crippen molar-refractivity contribution in [3.63, 3.8) is 0 Å². The van der Waals surface area contributed by atoms with E-state index >= 15 is 0 Å². The highest BCUT2D eigenvalue weighted by Gasteiger charge is 2.19. The number of benzene rings is 1. The summed E-state index contributed by atoms with van der Waals surface area (Å²) in [5.41, 5.74) is 7.35. The maximum atomic E-state index is 11.9. The summed E-state index contributed by atoms with van der Waals surface area (Å²) in [5.74, 6) is -0.160. The highest BCUT2D eigenvalue weighted by atomic mass is 16.5. The molecule has 0 fully saturated rings. The van der Waals surface area contributed by atoms with Crippen molar-refractivity contribution in [3.05, 3.63) is 30.1 Å². The number of hydrogen-bond donors (Lipinski definition) is 4. The van der Waals surface area contributed by atoms with Gasteiger partial charge in [0.1, 0.15) is 11.4 Å². The average molecular weight is 273 g/mol. The van der Waals surface area contributed by atoms with E-state index in [1.54, 1.807) is 12.1 Å². The molecule has 8 heteroatoms. The lowest BCUT2D eigenvalue weighted by atomic mass is 10.2. The van der Waals surface area contributed by atoms with Crippen LogP contribution >= 0.6 is 0 Å². The third-order valence-electron chi connectivity index (χ3n) is 2.78. The largest absolute Gasteiger partial charge is 0.482 e. The van der Waals surface area contributed by atoms with Gasteiger partial charge in [-0.15, -0.1) is 0 Å². The molecule has 1 aromatic carbocycles. The predicted octanol–water partition coefficient (Wildman–Crippen LogP) is 0.575. The minimum Gasteiger partial charge on any atom is -0.482 e. The van der Waals surface area contributed by atoms with E-state index in [1.807, 2.05) is 0 Å². The van der Waals surface area contributed by atoms with Crippen LogP contribution in [-0.2, 0) is 4.79 Å². The molecule has 1 aliphatic rings. The molecule has 2 aromatic rings. The first kappa shape index (κ1) is 12.0. The van der Waals surface area contributed by atoms with Gasteiger partial charge in [0, 0.05) is 12.3 Å². The molecule has 2 amide bonds. The van der Waals surface area contributed by atoms with Gasteiger partial charge in [0.15, 0.2) is 6.61 Å². The van der Waals surface area contributed by atoms with E-state index in [1.165, 1.54) is 12.3 Å². The number of nitrogen functional groups attached to an aromatic ring is 1. The Morgan fingerprint density at radius 3 is 3.05 bits per heavy atom. The monoisotopic (exact) mass is 273 g/mol. The quantitative estimate of drug-likeness (QED) is 0.596. The van der Waals surface area contributed by atoms with Crippen molar-refractivity contribution >= 4 is 28.9 Å². The molecule has 0 radical (unpaired) electrons. The molecule has 0 saturated carbocycles. The van der Waals surface area contributed by atoms with Gasteiger partial charge < -0.3 is 21.1 Å². The van der Waals surface area contributed by atoms with E-state index in [4.69, 9.17) is 10.5 Å². The molecule has 0 spiro atoms. The van der Waals surface area contributed by atoms with Crippen molar-refractivity contribution in [2.75, 3.05) is 23.0 Å². The molecular weight excluding hydrogens is 262 g/mol. The number of ether oxygens (including phenoxy) is 1. The summed E-state index contributed by atoms with van der Waals surface area (Å²) < 4.78 is 5.23. The number of amides is 2. The SMILES string of the molecule is Nc1cc2c(cc1NC(=O)c1ccn[nH]1)NC(=O)CO2. The number of nitrogens with zero attached hydrogens (tertiary/aromatic N) is 1. The summed E-state index contributed by atoms with van der Waals surface area (Å²) in [5, 5.41) is 11.5. The standard InChI is InChI=1S/C12H11N5O3/c13-6-3-10-9(15-11(18)5-20-10)4-8(6)16-12(19)7-1-2-14-17-7/h1-4H,5,13H2,(H,14,17)(H,15,18)(H,16,19). The van der Waals surface area contributed by atoms with Gasteiger partial charge in [0.2, 0.25) is 0 Å². The van der Waals surface area contributed by atoms with Gasteiger partial charge in [-0.05, 0) is 12.1 Å². The molecule has 1 aliphatic heterocycles. The van der Waals surface area contributed by atoms with Crippen LogP contribution in [0.5, 0.6) is 5.75 Å². The Bertz CT molecular complexity index is 681. The van der Waals surface area contributed by atoms with Crippen LogP contribution < -0.4 is 21.1 Å². The third-order valence-corrected chi connectivity index (χ3v) is 2.78. The van der Waals surface area contributed by atoms with Gasteiger partial charge in [-0.25, -0.2) is 0 Å². The maximum Gasteiger partial charge on any atom is 0.273 e. The van der Waals surface area contributed by atoms with Crippen LogP contribution in [0.3, 0.4) is 0 Å². The topological polar surface area (TPSA) is 122 Å². The highest BCUT2D eigenvalue weighted by Crippen LogP contribution is 2.35. The van der Waals surface area contributed by atoms with E-state index in [-0.39, 0.29) is 18.4 Å². The van der Waals surface area contributed by atoms with Gasteiger partial charge in [0.05, 0.1) is 17.1 Å². The van der Waals surface area contributed by atoms with Crippen molar-refractivity contribution in [3.8, 4) is 5.75 Å². The van der Waals surface area contributed by atoms with E-state index in [9.17, 15) is 9.59 Å². The molecule has 5 N–H and O–H groups in total. The second-order valence-corrected chi connectivity index (χ2v) is 4.20. The summed E-state index contributed by atoms with van der Waals surface area (Å²) in [7, 11) is 0. The van der Waals surface area contributed by atoms with Gasteiger partial charge in [-0.2, -0.15) is 5.10 Å². The minimum absolute atomic E-state index is 0.0493. The van der Waals surface area contributed by atoms with Crippen molar-refractivity contribution in [2.45, 2.75) is 0 Å². The zero-order valence-corrected chi connectivity index (χ0v) is 10.3. The summed E-state index contributed by atoms with van der Waals surface area (Å²) in [6.07, 6.45) is 1.47. The van der Waals surface area contributed by atoms with Crippen LogP contribution in [-0.4, -0.2) is 28.6 Å². The normalized spacial score (nSPS) is 13.1. The maximum absolute atomic E-state index is 11.9. The van der Waals surface area contributed by atoms with Gasteiger partial charge in [-0.3, -0.25) is 14.7 Å². The smallest absolute Gasteiger partial charge is 0.273 e. The van der Waals surface area contributed by atoms with Gasteiger partial charge in [-0.1, -0.05) is 0 Å². The number of aromatic nitrogens is 2. The fourth-order valence-corrected chi connectivity index (χ4v) is 1.82. The third kappa shape index (κ3) is 2.14. The Kier molecular flexibility index (Phi) is 2.75. The molecule has 102 valence electrons. The molecule has 3 rings (SSSR count). The van der Waals surface area contributed by atoms with Crippen molar-refractivity contribution < 1.29 is 14.3 Å². The number of rotatable bonds is 2. The van der Waals surface area contributed by atoms with E-state index in [0.29, 0.717) is 28.5 Å². The fraction of sp³-hybridized carbons (Fsp3) is 0.0833. The van der Waals surface area contributed by atoms with E-state index < -0.39 is 0 Å². The lowest BCUT2D eigenvalue weighted by molar-refractivity contribution is -0.118. The number of aromatic amines is 1. The Balaban J connectivity index is 1.88. The predicted molar refractivity (Wildman–Crippen MR) is 71.5 cm³/mol. The number of H-pyrrole nitrogens is 1. The second kappa shape index (κ2) is 4.57. The van der Waals surface area contributed by atoms with Crippen LogP contribution in [0.15, 0.2) is 24.4 Å². The number of carbonyl (C=O) groups excluding carboxylic acids is 2. The van der Waals surface area contributed by atoms with E-state index in [2.05, 4.69) is 20.8 Å². The fourth-order valence-electron chi connectivity index (χ4n) is 1.82. The first-order chi connectivity index (χ1) is 9.63. The lowest BCUT2D eigenvalue weighted by Gasteiger charge is -2.20. The molecule has 0 aliphatic carbocycles. The van der Waals surface area contributed by atoms with Gasteiger partial charge >= 0.3 is 0 Å². The molecule has 20 heavy (non-hydrogen) atoms. The average Bonchev–Trinajstić information content (AvgIpc) is 2.94. The number of anilines is 3. The van der Waals surface area contributed by atoms with Crippen molar-refractivity contribution in [2.24, 2.45) is 0 Å². The molecule has 0 unspecified atom stereocenters. The molecule has 0 saturated heterocycles. The van der Waals surface area contributed by atoms with Crippen molar-refractivity contribution in [1.29, 1.82) is 0 Å². The Hall–Kier alpha value is -3.03. The number of carbonyl (C=O) groups is 2. The second-order valence-electron chi connectivity index (χ2n) is 4.20. The number of nitrogens with one attached hydrogen (secondary N) is 3. The molecule has 2 heterocycles. The Morgan fingerprint density at radius 2 is 2.30 bits per heavy atom. The molecule has 1 aromatic heterocycles. The summed E-state index contributed by atoms with van der Waals surface area (Å²) in [4.78, 5) is 23.2. The zero-order chi connectivity index (χ0) is 14.1. The highest BCUT2D eigenvalue weighted by molar-refractivity contribution is 6.06. The summed E-state index contributed by atoms with van der Waals surface area (Å²) >= 11 is 0. The number of hydrogen-bond acceptors (Lipinski definition) is 5. The first-order valence-corrected chi connectivity index (χ1v) is 5.80. The summed E-state index contributed by atoms with van der Waals surface area (Å²) in [6.45, 7) is -0.0493. The van der Waals surface area contributed by atoms with Crippen molar-refractivity contribution in [1.82, 2.24) is 10.2 Å². The molecule has 8 nitrogen and oxygen atoms in total. The minimum atomic E-state index is -0.378. The van der Waals surface area contributed by atoms with Crippen LogP contribution in [0.2, 0.25) is 0 Å². The lowest BCUT2D eigenvalue weighted by Crippen LogP contribution is -2.25.